The molecule has 0 aromatic carbocycles. The first-order valence-corrected chi connectivity index (χ1v) is 6.80. The third kappa shape index (κ3) is 3.13. The molecule has 1 aromatic rings. The Kier molecular flexibility index (Phi) is 4.54. The van der Waals surface area contributed by atoms with Gasteiger partial charge in [-0.3, -0.25) is 0 Å². The van der Waals surface area contributed by atoms with Crippen LogP contribution < -0.4 is 10.6 Å². The summed E-state index contributed by atoms with van der Waals surface area (Å²) in [6.45, 7) is 4.13. The third-order valence-electron chi connectivity index (χ3n) is 3.75. The molecule has 0 bridgehead atoms. The molecule has 1 aliphatic heterocycles. The molecule has 0 radical (unpaired) electrons. The van der Waals surface area contributed by atoms with Gasteiger partial charge in [0.2, 0.25) is 0 Å². The molecule has 1 unspecified atom stereocenters. The molecule has 2 rings (SSSR count). The molecule has 0 amide bonds. The van der Waals surface area contributed by atoms with Gasteiger partial charge in [-0.05, 0) is 25.2 Å². The molecular formula is C13H21N5O. The van der Waals surface area contributed by atoms with Crippen LogP contribution in [-0.4, -0.2) is 34.1 Å². The van der Waals surface area contributed by atoms with Gasteiger partial charge in [-0.2, -0.15) is 0 Å². The van der Waals surface area contributed by atoms with Crippen LogP contribution in [0.4, 0.5) is 5.82 Å². The lowest BCUT2D eigenvalue weighted by atomic mass is 9.98. The van der Waals surface area contributed by atoms with Crippen molar-refractivity contribution in [3.8, 4) is 0 Å². The monoisotopic (exact) mass is 263 g/mol. The Morgan fingerprint density at radius 1 is 1.42 bits per heavy atom. The van der Waals surface area contributed by atoms with Gasteiger partial charge in [0, 0.05) is 25.5 Å². The largest absolute Gasteiger partial charge is 0.409 e. The second-order valence-corrected chi connectivity index (χ2v) is 4.91. The third-order valence-corrected chi connectivity index (χ3v) is 3.75. The smallest absolute Gasteiger partial charge is 0.192 e. The summed E-state index contributed by atoms with van der Waals surface area (Å²) < 4.78 is 0. The molecule has 2 heterocycles. The Balaban J connectivity index is 2.22. The lowest BCUT2D eigenvalue weighted by molar-refractivity contribution is 0.318. The summed E-state index contributed by atoms with van der Waals surface area (Å²) in [5.74, 6) is 1.52. The van der Waals surface area contributed by atoms with Gasteiger partial charge in [-0.25, -0.2) is 9.97 Å². The fourth-order valence-corrected chi connectivity index (χ4v) is 2.58. The van der Waals surface area contributed by atoms with Gasteiger partial charge in [0.25, 0.3) is 0 Å². The zero-order chi connectivity index (χ0) is 13.7. The molecule has 1 aromatic heterocycles. The average Bonchev–Trinajstić information content (AvgIpc) is 2.71. The van der Waals surface area contributed by atoms with E-state index >= 15 is 0 Å². The first-order valence-electron chi connectivity index (χ1n) is 6.80. The summed E-state index contributed by atoms with van der Waals surface area (Å²) in [7, 11) is 0. The van der Waals surface area contributed by atoms with Crippen molar-refractivity contribution in [2.45, 2.75) is 32.6 Å². The van der Waals surface area contributed by atoms with E-state index in [1.54, 1.807) is 12.4 Å². The van der Waals surface area contributed by atoms with Gasteiger partial charge in [0.1, 0.15) is 0 Å². The number of hydrogen-bond donors (Lipinski definition) is 2. The van der Waals surface area contributed by atoms with Crippen molar-refractivity contribution < 1.29 is 5.21 Å². The summed E-state index contributed by atoms with van der Waals surface area (Å²) in [5.41, 5.74) is 6.12. The summed E-state index contributed by atoms with van der Waals surface area (Å²) >= 11 is 0. The summed E-state index contributed by atoms with van der Waals surface area (Å²) in [4.78, 5) is 10.7. The molecule has 6 nitrogen and oxygen atoms in total. The van der Waals surface area contributed by atoms with Gasteiger partial charge in [-0.1, -0.05) is 18.5 Å². The van der Waals surface area contributed by atoms with E-state index in [9.17, 15) is 0 Å². The minimum atomic E-state index is 0.0133. The number of rotatable bonds is 3. The van der Waals surface area contributed by atoms with Crippen molar-refractivity contribution in [2.24, 2.45) is 16.8 Å². The number of nitrogens with zero attached hydrogens (tertiary/aromatic N) is 4. The van der Waals surface area contributed by atoms with Crippen LogP contribution in [0, 0.1) is 5.92 Å². The molecule has 0 spiro atoms. The van der Waals surface area contributed by atoms with Crippen LogP contribution in [0.5, 0.6) is 0 Å². The van der Waals surface area contributed by atoms with Crippen LogP contribution in [0.3, 0.4) is 0 Å². The SMILES string of the molecule is CCC1CCCN(c2nccnc2C(N)=NO)CC1. The van der Waals surface area contributed by atoms with Crippen LogP contribution in [0.1, 0.15) is 38.3 Å². The Morgan fingerprint density at radius 3 is 2.95 bits per heavy atom. The molecule has 3 N–H and O–H groups in total. The van der Waals surface area contributed by atoms with Gasteiger partial charge in [-0.15, -0.1) is 0 Å². The van der Waals surface area contributed by atoms with Gasteiger partial charge in [0.05, 0.1) is 0 Å². The normalized spacial score (nSPS) is 21.2. The number of amidine groups is 1. The van der Waals surface area contributed by atoms with E-state index in [0.29, 0.717) is 5.69 Å². The topological polar surface area (TPSA) is 87.6 Å². The maximum atomic E-state index is 8.82. The minimum absolute atomic E-state index is 0.0133. The molecule has 0 aliphatic carbocycles. The number of hydrogen-bond acceptors (Lipinski definition) is 5. The number of aromatic nitrogens is 2. The van der Waals surface area contributed by atoms with E-state index in [0.717, 1.165) is 37.7 Å². The highest BCUT2D eigenvalue weighted by Gasteiger charge is 2.20. The number of oxime groups is 1. The van der Waals surface area contributed by atoms with Crippen LogP contribution in [0.25, 0.3) is 0 Å². The fraction of sp³-hybridized carbons (Fsp3) is 0.615. The van der Waals surface area contributed by atoms with E-state index in [2.05, 4.69) is 26.9 Å². The highest BCUT2D eigenvalue weighted by Crippen LogP contribution is 2.24. The van der Waals surface area contributed by atoms with Crippen LogP contribution in [-0.2, 0) is 0 Å². The molecule has 1 aliphatic rings. The van der Waals surface area contributed by atoms with E-state index in [4.69, 9.17) is 10.9 Å². The van der Waals surface area contributed by atoms with Crippen molar-refractivity contribution in [2.75, 3.05) is 18.0 Å². The van der Waals surface area contributed by atoms with Crippen molar-refractivity contribution in [3.63, 3.8) is 0 Å². The van der Waals surface area contributed by atoms with Gasteiger partial charge >= 0.3 is 0 Å². The highest BCUT2D eigenvalue weighted by molar-refractivity contribution is 5.99. The molecular weight excluding hydrogens is 242 g/mol. The predicted octanol–water partition coefficient (Wildman–Crippen LogP) is 1.59. The second-order valence-electron chi connectivity index (χ2n) is 4.91. The first-order chi connectivity index (χ1) is 9.26. The molecule has 19 heavy (non-hydrogen) atoms. The minimum Gasteiger partial charge on any atom is -0.409 e. The molecule has 0 saturated carbocycles. The van der Waals surface area contributed by atoms with Crippen LogP contribution in [0.2, 0.25) is 0 Å². The van der Waals surface area contributed by atoms with Crippen molar-refractivity contribution in [1.82, 2.24) is 9.97 Å². The van der Waals surface area contributed by atoms with Crippen molar-refractivity contribution in [1.29, 1.82) is 0 Å². The van der Waals surface area contributed by atoms with E-state index < -0.39 is 0 Å². The Bertz CT molecular complexity index is 448. The molecule has 1 atom stereocenters. The molecule has 104 valence electrons. The summed E-state index contributed by atoms with van der Waals surface area (Å²) in [6, 6.07) is 0. The van der Waals surface area contributed by atoms with Crippen LogP contribution >= 0.6 is 0 Å². The van der Waals surface area contributed by atoms with E-state index in [-0.39, 0.29) is 5.84 Å². The predicted molar refractivity (Wildman–Crippen MR) is 74.4 cm³/mol. The Hall–Kier alpha value is -1.85. The number of nitrogens with two attached hydrogens (primary N) is 1. The first kappa shape index (κ1) is 13.6. The standard InChI is InChI=1S/C13H21N5O/c1-2-10-4-3-8-18(9-5-10)13-11(12(14)17-19)15-6-7-16-13/h6-7,10,19H,2-5,8-9H2,1H3,(H2,14,17). The summed E-state index contributed by atoms with van der Waals surface area (Å²) in [5, 5.41) is 11.9. The zero-order valence-corrected chi connectivity index (χ0v) is 11.3. The van der Waals surface area contributed by atoms with Crippen LogP contribution in [0.15, 0.2) is 17.5 Å². The lowest BCUT2D eigenvalue weighted by Crippen LogP contribution is -2.29. The van der Waals surface area contributed by atoms with Gasteiger partial charge in [0.15, 0.2) is 17.3 Å². The molecule has 6 heteroatoms. The van der Waals surface area contributed by atoms with E-state index in [1.165, 1.54) is 12.8 Å². The second kappa shape index (κ2) is 6.36. The quantitative estimate of drug-likeness (QED) is 0.374. The lowest BCUT2D eigenvalue weighted by Gasteiger charge is -2.23. The number of anilines is 1. The fourth-order valence-electron chi connectivity index (χ4n) is 2.58. The maximum Gasteiger partial charge on any atom is 0.192 e. The van der Waals surface area contributed by atoms with Gasteiger partial charge < -0.3 is 15.8 Å². The average molecular weight is 263 g/mol. The van der Waals surface area contributed by atoms with Crippen molar-refractivity contribution in [3.05, 3.63) is 18.1 Å². The summed E-state index contributed by atoms with van der Waals surface area (Å²) in [6.07, 6.45) is 7.98. The molecule has 1 fully saturated rings. The zero-order valence-electron chi connectivity index (χ0n) is 11.3. The highest BCUT2D eigenvalue weighted by atomic mass is 16.4. The van der Waals surface area contributed by atoms with E-state index in [1.807, 2.05) is 0 Å². The van der Waals surface area contributed by atoms with Crippen molar-refractivity contribution >= 4 is 11.7 Å². The molecule has 1 saturated heterocycles. The Morgan fingerprint density at radius 2 is 2.21 bits per heavy atom. The Labute approximate surface area is 113 Å². The maximum absolute atomic E-state index is 8.82.